The van der Waals surface area contributed by atoms with Gasteiger partial charge >= 0.3 is 0 Å². The topological polar surface area (TPSA) is 52.6 Å². The van der Waals surface area contributed by atoms with Crippen molar-refractivity contribution in [2.75, 3.05) is 13.2 Å². The number of carbonyl (C=O) groups excluding carboxylic acids is 2. The third-order valence-corrected chi connectivity index (χ3v) is 3.87. The maximum atomic E-state index is 11.6. The molecule has 1 heterocycles. The quantitative estimate of drug-likeness (QED) is 0.789. The summed E-state index contributed by atoms with van der Waals surface area (Å²) in [4.78, 5) is 23.2. The van der Waals surface area contributed by atoms with Gasteiger partial charge in [-0.1, -0.05) is 12.1 Å². The van der Waals surface area contributed by atoms with Crippen molar-refractivity contribution in [2.24, 2.45) is 0 Å². The third kappa shape index (κ3) is 3.11. The van der Waals surface area contributed by atoms with Gasteiger partial charge < -0.3 is 9.47 Å². The van der Waals surface area contributed by atoms with Crippen LogP contribution in [-0.2, 0) is 0 Å². The lowest BCUT2D eigenvalue weighted by molar-refractivity contribution is 0.100. The average molecular weight is 310 g/mol. The Morgan fingerprint density at radius 1 is 0.783 bits per heavy atom. The zero-order chi connectivity index (χ0) is 16.4. The summed E-state index contributed by atoms with van der Waals surface area (Å²) in [6.45, 7) is 4.10. The van der Waals surface area contributed by atoms with Crippen molar-refractivity contribution in [1.82, 2.24) is 0 Å². The Balaban J connectivity index is 2.16. The first kappa shape index (κ1) is 15.3. The predicted molar refractivity (Wildman–Crippen MR) is 87.5 cm³/mol. The smallest absolute Gasteiger partial charge is 0.159 e. The van der Waals surface area contributed by atoms with Crippen LogP contribution in [0.3, 0.4) is 0 Å². The molecule has 23 heavy (non-hydrogen) atoms. The van der Waals surface area contributed by atoms with Crippen LogP contribution in [0.25, 0.3) is 11.1 Å². The maximum absolute atomic E-state index is 11.6. The molecule has 2 aromatic rings. The molecule has 0 radical (unpaired) electrons. The van der Waals surface area contributed by atoms with E-state index in [0.29, 0.717) is 35.8 Å². The van der Waals surface area contributed by atoms with Crippen molar-refractivity contribution >= 4 is 11.6 Å². The van der Waals surface area contributed by atoms with Crippen molar-refractivity contribution < 1.29 is 19.1 Å². The van der Waals surface area contributed by atoms with Crippen LogP contribution in [-0.4, -0.2) is 24.8 Å². The molecule has 2 aromatic carbocycles. The molecule has 0 saturated heterocycles. The van der Waals surface area contributed by atoms with Crippen molar-refractivity contribution in [1.29, 1.82) is 0 Å². The standard InChI is InChI=1S/C19H18O4/c1-12(20)14-4-6-16-17-7-5-15(13(2)21)11-19(17)23-9-3-8-22-18(16)10-14/h4-7,10-11H,3,8-9H2,1-2H3. The van der Waals surface area contributed by atoms with E-state index >= 15 is 0 Å². The summed E-state index contributed by atoms with van der Waals surface area (Å²) in [7, 11) is 0. The number of fused-ring (bicyclic) bond motifs is 3. The summed E-state index contributed by atoms with van der Waals surface area (Å²) < 4.78 is 11.7. The molecule has 0 atom stereocenters. The number of Topliss-reactive ketones (excluding diaryl/α,β-unsaturated/α-hetero) is 2. The lowest BCUT2D eigenvalue weighted by Crippen LogP contribution is -2.04. The zero-order valence-corrected chi connectivity index (χ0v) is 13.2. The highest BCUT2D eigenvalue weighted by atomic mass is 16.5. The molecule has 3 rings (SSSR count). The predicted octanol–water partition coefficient (Wildman–Crippen LogP) is 3.92. The minimum Gasteiger partial charge on any atom is -0.493 e. The number of hydrogen-bond donors (Lipinski definition) is 0. The lowest BCUT2D eigenvalue weighted by atomic mass is 9.98. The van der Waals surface area contributed by atoms with Gasteiger partial charge in [0.1, 0.15) is 11.5 Å². The molecule has 0 aliphatic carbocycles. The van der Waals surface area contributed by atoms with Crippen molar-refractivity contribution in [3.8, 4) is 22.6 Å². The molecular weight excluding hydrogens is 292 g/mol. The molecule has 0 bridgehead atoms. The molecule has 118 valence electrons. The number of benzene rings is 2. The van der Waals surface area contributed by atoms with Crippen LogP contribution in [0.5, 0.6) is 11.5 Å². The number of ether oxygens (including phenoxy) is 2. The molecule has 4 heteroatoms. The highest BCUT2D eigenvalue weighted by Crippen LogP contribution is 2.38. The Morgan fingerprint density at radius 2 is 1.22 bits per heavy atom. The second-order valence-electron chi connectivity index (χ2n) is 5.58. The number of carbonyl (C=O) groups is 2. The number of ketones is 2. The van der Waals surface area contributed by atoms with Crippen molar-refractivity contribution in [2.45, 2.75) is 20.3 Å². The number of rotatable bonds is 2. The van der Waals surface area contributed by atoms with Crippen LogP contribution in [0.2, 0.25) is 0 Å². The largest absolute Gasteiger partial charge is 0.493 e. The van der Waals surface area contributed by atoms with Crippen LogP contribution in [0.1, 0.15) is 41.0 Å². The fourth-order valence-corrected chi connectivity index (χ4v) is 2.59. The first-order valence-electron chi connectivity index (χ1n) is 7.62. The number of hydrogen-bond acceptors (Lipinski definition) is 4. The van der Waals surface area contributed by atoms with Gasteiger partial charge in [-0.15, -0.1) is 0 Å². The van der Waals surface area contributed by atoms with E-state index < -0.39 is 0 Å². The molecule has 0 amide bonds. The third-order valence-electron chi connectivity index (χ3n) is 3.87. The van der Waals surface area contributed by atoms with Crippen LogP contribution in [0, 0.1) is 0 Å². The van der Waals surface area contributed by atoms with E-state index in [1.807, 2.05) is 12.1 Å². The molecule has 1 aliphatic heterocycles. The molecule has 1 aliphatic rings. The SMILES string of the molecule is CC(=O)c1ccc2c(c1)OCCCOc1cc(C(C)=O)ccc1-2. The Bertz CT molecular complexity index is 711. The van der Waals surface area contributed by atoms with Gasteiger partial charge in [-0.05, 0) is 38.1 Å². The van der Waals surface area contributed by atoms with E-state index in [4.69, 9.17) is 9.47 Å². The molecule has 0 N–H and O–H groups in total. The first-order valence-corrected chi connectivity index (χ1v) is 7.62. The Labute approximate surface area is 135 Å². The Hall–Kier alpha value is -2.62. The summed E-state index contributed by atoms with van der Waals surface area (Å²) >= 11 is 0. The van der Waals surface area contributed by atoms with Gasteiger partial charge in [0.15, 0.2) is 11.6 Å². The highest BCUT2D eigenvalue weighted by Gasteiger charge is 2.17. The summed E-state index contributed by atoms with van der Waals surface area (Å²) in [6.07, 6.45) is 0.730. The van der Waals surface area contributed by atoms with Crippen LogP contribution < -0.4 is 9.47 Å². The molecule has 0 saturated carbocycles. The van der Waals surface area contributed by atoms with E-state index in [2.05, 4.69) is 0 Å². The molecular formula is C19H18O4. The lowest BCUT2D eigenvalue weighted by Gasteiger charge is -2.14. The van der Waals surface area contributed by atoms with Gasteiger partial charge in [0.2, 0.25) is 0 Å². The van der Waals surface area contributed by atoms with Gasteiger partial charge in [-0.2, -0.15) is 0 Å². The fraction of sp³-hybridized carbons (Fsp3) is 0.263. The summed E-state index contributed by atoms with van der Waals surface area (Å²) in [5, 5.41) is 0. The second kappa shape index (κ2) is 6.24. The Morgan fingerprint density at radius 3 is 1.61 bits per heavy atom. The molecule has 4 nitrogen and oxygen atoms in total. The normalized spacial score (nSPS) is 13.3. The monoisotopic (exact) mass is 310 g/mol. The van der Waals surface area contributed by atoms with Gasteiger partial charge in [0.05, 0.1) is 13.2 Å². The van der Waals surface area contributed by atoms with Crippen molar-refractivity contribution in [3.05, 3.63) is 47.5 Å². The average Bonchev–Trinajstić information content (AvgIpc) is 2.62. The second-order valence-corrected chi connectivity index (χ2v) is 5.58. The fourth-order valence-electron chi connectivity index (χ4n) is 2.59. The molecule has 0 unspecified atom stereocenters. The van der Waals surface area contributed by atoms with Gasteiger partial charge in [0.25, 0.3) is 0 Å². The van der Waals surface area contributed by atoms with Crippen LogP contribution >= 0.6 is 0 Å². The minimum absolute atomic E-state index is 0.000303. The van der Waals surface area contributed by atoms with Crippen LogP contribution in [0.15, 0.2) is 36.4 Å². The van der Waals surface area contributed by atoms with Crippen LogP contribution in [0.4, 0.5) is 0 Å². The van der Waals surface area contributed by atoms with Gasteiger partial charge in [-0.25, -0.2) is 0 Å². The van der Waals surface area contributed by atoms with E-state index in [-0.39, 0.29) is 11.6 Å². The van der Waals surface area contributed by atoms with Crippen molar-refractivity contribution in [3.63, 3.8) is 0 Å². The van der Waals surface area contributed by atoms with Gasteiger partial charge in [0, 0.05) is 28.7 Å². The van der Waals surface area contributed by atoms with Gasteiger partial charge in [-0.3, -0.25) is 9.59 Å². The summed E-state index contributed by atoms with van der Waals surface area (Å²) in [5.41, 5.74) is 2.96. The Kier molecular flexibility index (Phi) is 4.15. The van der Waals surface area contributed by atoms with E-state index in [1.165, 1.54) is 13.8 Å². The van der Waals surface area contributed by atoms with E-state index in [9.17, 15) is 9.59 Å². The zero-order valence-electron chi connectivity index (χ0n) is 13.2. The minimum atomic E-state index is -0.000303. The molecule has 0 spiro atoms. The van der Waals surface area contributed by atoms with E-state index in [1.54, 1.807) is 24.3 Å². The highest BCUT2D eigenvalue weighted by molar-refractivity contribution is 5.97. The maximum Gasteiger partial charge on any atom is 0.159 e. The molecule has 0 aromatic heterocycles. The summed E-state index contributed by atoms with van der Waals surface area (Å²) in [6, 6.07) is 10.8. The summed E-state index contributed by atoms with van der Waals surface area (Å²) in [5.74, 6) is 1.33. The molecule has 0 fully saturated rings. The van der Waals surface area contributed by atoms with E-state index in [0.717, 1.165) is 17.5 Å². The first-order chi connectivity index (χ1) is 11.1.